The second kappa shape index (κ2) is 2.64. The minimum Gasteiger partial charge on any atom is -0.390 e. The van der Waals surface area contributed by atoms with E-state index in [1.54, 1.807) is 0 Å². The molecule has 0 aliphatic carbocycles. The predicted octanol–water partition coefficient (Wildman–Crippen LogP) is -0.517. The van der Waals surface area contributed by atoms with Gasteiger partial charge in [-0.3, -0.25) is 0 Å². The first-order chi connectivity index (χ1) is 4.24. The van der Waals surface area contributed by atoms with Gasteiger partial charge in [-0.1, -0.05) is 0 Å². The van der Waals surface area contributed by atoms with E-state index in [-0.39, 0.29) is 18.3 Å². The van der Waals surface area contributed by atoms with Gasteiger partial charge in [-0.15, -0.1) is 0 Å². The molecule has 3 heteroatoms. The van der Waals surface area contributed by atoms with Crippen molar-refractivity contribution in [3.8, 4) is 0 Å². The van der Waals surface area contributed by atoms with Crippen LogP contribution in [0.25, 0.3) is 0 Å². The summed E-state index contributed by atoms with van der Waals surface area (Å²) < 4.78 is 5.25. The zero-order valence-corrected chi connectivity index (χ0v) is 5.58. The minimum absolute atomic E-state index is 0.125. The number of ether oxygens (including phenoxy) is 1. The van der Waals surface area contributed by atoms with Gasteiger partial charge in [0.1, 0.15) is 0 Å². The SMILES string of the molecule is CC1C[C@@H](O)[C@@H](CN)O1. The average Bonchev–Trinajstić information content (AvgIpc) is 2.10. The molecule has 1 saturated heterocycles. The maximum absolute atomic E-state index is 9.15. The molecule has 0 saturated carbocycles. The maximum Gasteiger partial charge on any atom is 0.0960 e. The van der Waals surface area contributed by atoms with Crippen molar-refractivity contribution in [2.45, 2.75) is 31.7 Å². The first-order valence-corrected chi connectivity index (χ1v) is 3.27. The second-order valence-corrected chi connectivity index (χ2v) is 2.52. The highest BCUT2D eigenvalue weighted by Crippen LogP contribution is 2.18. The molecule has 0 aromatic carbocycles. The summed E-state index contributed by atoms with van der Waals surface area (Å²) in [4.78, 5) is 0. The van der Waals surface area contributed by atoms with Gasteiger partial charge in [0.2, 0.25) is 0 Å². The summed E-state index contributed by atoms with van der Waals surface area (Å²) in [6.45, 7) is 2.37. The summed E-state index contributed by atoms with van der Waals surface area (Å²) in [6, 6.07) is 0. The highest BCUT2D eigenvalue weighted by molar-refractivity contribution is 4.79. The Bertz CT molecular complexity index is 97.1. The van der Waals surface area contributed by atoms with Crippen LogP contribution in [0.4, 0.5) is 0 Å². The zero-order chi connectivity index (χ0) is 6.85. The summed E-state index contributed by atoms with van der Waals surface area (Å²) in [6.07, 6.45) is 0.431. The number of aliphatic hydroxyl groups is 1. The molecule has 0 radical (unpaired) electrons. The van der Waals surface area contributed by atoms with E-state index in [1.807, 2.05) is 6.92 Å². The van der Waals surface area contributed by atoms with Crippen LogP contribution < -0.4 is 5.73 Å². The van der Waals surface area contributed by atoms with Crippen molar-refractivity contribution >= 4 is 0 Å². The summed E-state index contributed by atoms with van der Waals surface area (Å²) in [7, 11) is 0. The Hall–Kier alpha value is -0.120. The van der Waals surface area contributed by atoms with Crippen LogP contribution in [0, 0.1) is 0 Å². The van der Waals surface area contributed by atoms with Gasteiger partial charge in [0.25, 0.3) is 0 Å². The Morgan fingerprint density at radius 2 is 2.44 bits per heavy atom. The third-order valence-corrected chi connectivity index (χ3v) is 1.64. The van der Waals surface area contributed by atoms with Crippen molar-refractivity contribution in [1.82, 2.24) is 0 Å². The van der Waals surface area contributed by atoms with E-state index in [4.69, 9.17) is 15.6 Å². The minimum atomic E-state index is -0.343. The van der Waals surface area contributed by atoms with Crippen molar-refractivity contribution in [2.75, 3.05) is 6.54 Å². The monoisotopic (exact) mass is 131 g/mol. The molecule has 0 bridgehead atoms. The van der Waals surface area contributed by atoms with Crippen molar-refractivity contribution < 1.29 is 9.84 Å². The van der Waals surface area contributed by atoms with Crippen LogP contribution in [0.2, 0.25) is 0 Å². The van der Waals surface area contributed by atoms with E-state index < -0.39 is 0 Å². The molecule has 0 amide bonds. The fourth-order valence-electron chi connectivity index (χ4n) is 1.15. The normalized spacial score (nSPS) is 43.7. The summed E-state index contributed by atoms with van der Waals surface area (Å²) in [5.41, 5.74) is 5.30. The standard InChI is InChI=1S/C6H13NO2/c1-4-2-5(8)6(3-7)9-4/h4-6,8H,2-3,7H2,1H3/t4?,5-,6-/m1/s1. The number of rotatable bonds is 1. The fourth-order valence-corrected chi connectivity index (χ4v) is 1.15. The van der Waals surface area contributed by atoms with Crippen LogP contribution in [0.3, 0.4) is 0 Å². The molecule has 1 unspecified atom stereocenters. The Morgan fingerprint density at radius 1 is 1.78 bits per heavy atom. The van der Waals surface area contributed by atoms with Crippen LogP contribution in [0.15, 0.2) is 0 Å². The van der Waals surface area contributed by atoms with Crippen LogP contribution >= 0.6 is 0 Å². The average molecular weight is 131 g/mol. The summed E-state index contributed by atoms with van der Waals surface area (Å²) in [5, 5.41) is 9.15. The number of aliphatic hydroxyl groups excluding tert-OH is 1. The molecular weight excluding hydrogens is 118 g/mol. The molecule has 3 atom stereocenters. The molecule has 1 fully saturated rings. The highest BCUT2D eigenvalue weighted by Gasteiger charge is 2.29. The molecule has 54 valence electrons. The molecular formula is C6H13NO2. The second-order valence-electron chi connectivity index (χ2n) is 2.52. The summed E-state index contributed by atoms with van der Waals surface area (Å²) >= 11 is 0. The van der Waals surface area contributed by atoms with Crippen molar-refractivity contribution in [2.24, 2.45) is 5.73 Å². The zero-order valence-electron chi connectivity index (χ0n) is 5.58. The Morgan fingerprint density at radius 3 is 2.67 bits per heavy atom. The lowest BCUT2D eigenvalue weighted by molar-refractivity contribution is 0.0224. The fraction of sp³-hybridized carbons (Fsp3) is 1.00. The summed E-state index contributed by atoms with van der Waals surface area (Å²) in [5.74, 6) is 0. The van der Waals surface area contributed by atoms with E-state index in [0.717, 1.165) is 6.42 Å². The van der Waals surface area contributed by atoms with Gasteiger partial charge in [-0.2, -0.15) is 0 Å². The van der Waals surface area contributed by atoms with Crippen molar-refractivity contribution in [3.05, 3.63) is 0 Å². The molecule has 0 aromatic heterocycles. The molecule has 9 heavy (non-hydrogen) atoms. The quantitative estimate of drug-likeness (QED) is 0.503. The lowest BCUT2D eigenvalue weighted by Gasteiger charge is -2.09. The van der Waals surface area contributed by atoms with E-state index in [9.17, 15) is 0 Å². The molecule has 1 heterocycles. The molecule has 3 N–H and O–H groups in total. The van der Waals surface area contributed by atoms with Gasteiger partial charge < -0.3 is 15.6 Å². The highest BCUT2D eigenvalue weighted by atomic mass is 16.5. The largest absolute Gasteiger partial charge is 0.390 e. The number of nitrogens with two attached hydrogens (primary N) is 1. The predicted molar refractivity (Wildman–Crippen MR) is 34.0 cm³/mol. The molecule has 1 aliphatic heterocycles. The smallest absolute Gasteiger partial charge is 0.0960 e. The molecule has 0 aromatic rings. The van der Waals surface area contributed by atoms with Crippen LogP contribution in [0.1, 0.15) is 13.3 Å². The third-order valence-electron chi connectivity index (χ3n) is 1.64. The van der Waals surface area contributed by atoms with Crippen molar-refractivity contribution in [1.29, 1.82) is 0 Å². The van der Waals surface area contributed by atoms with Crippen LogP contribution in [-0.2, 0) is 4.74 Å². The van der Waals surface area contributed by atoms with E-state index in [0.29, 0.717) is 6.54 Å². The van der Waals surface area contributed by atoms with E-state index in [2.05, 4.69) is 0 Å². The van der Waals surface area contributed by atoms with E-state index >= 15 is 0 Å². The van der Waals surface area contributed by atoms with Gasteiger partial charge >= 0.3 is 0 Å². The van der Waals surface area contributed by atoms with Gasteiger partial charge in [0, 0.05) is 13.0 Å². The van der Waals surface area contributed by atoms with Gasteiger partial charge in [0.15, 0.2) is 0 Å². The van der Waals surface area contributed by atoms with Gasteiger partial charge in [-0.25, -0.2) is 0 Å². The topological polar surface area (TPSA) is 55.5 Å². The first-order valence-electron chi connectivity index (χ1n) is 3.27. The van der Waals surface area contributed by atoms with Crippen LogP contribution in [0.5, 0.6) is 0 Å². The third kappa shape index (κ3) is 1.41. The Kier molecular flexibility index (Phi) is 2.05. The Labute approximate surface area is 54.8 Å². The number of hydrogen-bond acceptors (Lipinski definition) is 3. The van der Waals surface area contributed by atoms with Gasteiger partial charge in [0.05, 0.1) is 18.3 Å². The lowest BCUT2D eigenvalue weighted by Crippen LogP contribution is -2.29. The number of hydrogen-bond donors (Lipinski definition) is 2. The molecule has 1 aliphatic rings. The molecule has 3 nitrogen and oxygen atoms in total. The van der Waals surface area contributed by atoms with E-state index in [1.165, 1.54) is 0 Å². The first kappa shape index (κ1) is 6.99. The molecule has 1 rings (SSSR count). The van der Waals surface area contributed by atoms with Gasteiger partial charge in [-0.05, 0) is 6.92 Å². The van der Waals surface area contributed by atoms with Crippen molar-refractivity contribution in [3.63, 3.8) is 0 Å². The molecule has 0 spiro atoms. The maximum atomic E-state index is 9.15. The Balaban J connectivity index is 2.38. The van der Waals surface area contributed by atoms with Crippen LogP contribution in [-0.4, -0.2) is 30.0 Å². The lowest BCUT2D eigenvalue weighted by atomic mass is 10.1.